The van der Waals surface area contributed by atoms with Crippen LogP contribution in [0.15, 0.2) is 30.3 Å². The molecule has 1 saturated carbocycles. The molecule has 0 bridgehead atoms. The van der Waals surface area contributed by atoms with E-state index in [4.69, 9.17) is 9.72 Å². The topological polar surface area (TPSA) is 54.5 Å². The van der Waals surface area contributed by atoms with Gasteiger partial charge in [-0.2, -0.15) is 0 Å². The van der Waals surface area contributed by atoms with Crippen molar-refractivity contribution in [2.45, 2.75) is 51.6 Å². The second-order valence-corrected chi connectivity index (χ2v) is 8.17. The number of nitrogens with one attached hydrogen (secondary N) is 1. The number of aromatic nitrogens is 1. The summed E-state index contributed by atoms with van der Waals surface area (Å²) in [5, 5.41) is 4.05. The van der Waals surface area contributed by atoms with Crippen LogP contribution in [0.25, 0.3) is 10.9 Å². The van der Waals surface area contributed by atoms with E-state index in [1.54, 1.807) is 0 Å². The van der Waals surface area contributed by atoms with E-state index in [-0.39, 0.29) is 5.91 Å². The fourth-order valence-corrected chi connectivity index (χ4v) is 4.44. The number of carbonyl (C=O) groups is 1. The number of carbonyl (C=O) groups excluding carboxylic acids is 1. The van der Waals surface area contributed by atoms with Crippen LogP contribution in [0, 0.1) is 5.92 Å². The maximum absolute atomic E-state index is 12.9. The van der Waals surface area contributed by atoms with Gasteiger partial charge in [-0.1, -0.05) is 38.0 Å². The fourth-order valence-electron chi connectivity index (χ4n) is 4.44. The van der Waals surface area contributed by atoms with Crippen molar-refractivity contribution >= 4 is 22.6 Å². The number of fused-ring (bicyclic) bond motifs is 1. The van der Waals surface area contributed by atoms with Gasteiger partial charge < -0.3 is 15.0 Å². The van der Waals surface area contributed by atoms with Crippen LogP contribution in [0.5, 0.6) is 0 Å². The minimum absolute atomic E-state index is 0.0551. The van der Waals surface area contributed by atoms with Gasteiger partial charge in [0.15, 0.2) is 0 Å². The van der Waals surface area contributed by atoms with Crippen molar-refractivity contribution in [1.29, 1.82) is 0 Å². The Morgan fingerprint density at radius 2 is 1.96 bits per heavy atom. The number of para-hydroxylation sites is 1. The predicted octanol–water partition coefficient (Wildman–Crippen LogP) is 4.16. The van der Waals surface area contributed by atoms with Crippen LogP contribution in [0.2, 0.25) is 0 Å². The molecule has 1 aliphatic heterocycles. The van der Waals surface area contributed by atoms with Gasteiger partial charge in [0.1, 0.15) is 5.82 Å². The van der Waals surface area contributed by atoms with Crippen molar-refractivity contribution in [3.63, 3.8) is 0 Å². The highest BCUT2D eigenvalue weighted by Crippen LogP contribution is 2.27. The first-order valence-corrected chi connectivity index (χ1v) is 10.8. The predicted molar refractivity (Wildman–Crippen MR) is 113 cm³/mol. The van der Waals surface area contributed by atoms with Crippen LogP contribution in [-0.2, 0) is 4.74 Å². The van der Waals surface area contributed by atoms with E-state index in [1.807, 2.05) is 30.3 Å². The number of pyridine rings is 1. The molecule has 2 unspecified atom stereocenters. The Labute approximate surface area is 167 Å². The third-order valence-electron chi connectivity index (χ3n) is 6.11. The number of hydrogen-bond acceptors (Lipinski definition) is 4. The van der Waals surface area contributed by atoms with Crippen molar-refractivity contribution in [3.05, 3.63) is 35.9 Å². The quantitative estimate of drug-likeness (QED) is 0.764. The number of amides is 1. The van der Waals surface area contributed by atoms with Gasteiger partial charge in [-0.05, 0) is 43.7 Å². The molecule has 5 heteroatoms. The van der Waals surface area contributed by atoms with E-state index in [9.17, 15) is 4.79 Å². The van der Waals surface area contributed by atoms with Crippen molar-refractivity contribution < 1.29 is 9.53 Å². The van der Waals surface area contributed by atoms with Gasteiger partial charge in [-0.15, -0.1) is 0 Å². The molecule has 28 heavy (non-hydrogen) atoms. The molecule has 2 heterocycles. The molecule has 2 fully saturated rings. The molecule has 0 spiro atoms. The van der Waals surface area contributed by atoms with Crippen LogP contribution < -0.4 is 10.2 Å². The maximum atomic E-state index is 12.9. The first kappa shape index (κ1) is 19.2. The minimum atomic E-state index is -0.0551. The summed E-state index contributed by atoms with van der Waals surface area (Å²) < 4.78 is 6.04. The summed E-state index contributed by atoms with van der Waals surface area (Å²) in [6.07, 6.45) is 7.61. The second kappa shape index (κ2) is 8.91. The summed E-state index contributed by atoms with van der Waals surface area (Å²) in [7, 11) is 0. The van der Waals surface area contributed by atoms with Gasteiger partial charge in [-0.3, -0.25) is 4.79 Å². The van der Waals surface area contributed by atoms with Crippen molar-refractivity contribution in [2.24, 2.45) is 5.92 Å². The fraction of sp³-hybridized carbons (Fsp3) is 0.565. The lowest BCUT2D eigenvalue weighted by Gasteiger charge is -2.28. The van der Waals surface area contributed by atoms with E-state index in [0.29, 0.717) is 30.7 Å². The SMILES string of the molecule is CC1CCCCC1OCCNC(=O)c1cc2ccccc2nc1N1CCCC1. The standard InChI is InChI=1S/C23H31N3O2/c1-17-8-2-5-11-21(17)28-15-12-24-23(27)19-16-18-9-3-4-10-20(18)25-22(19)26-13-6-7-14-26/h3-4,9-10,16-17,21H,2,5-8,11-15H2,1H3,(H,24,27). The molecule has 1 aromatic heterocycles. The Hall–Kier alpha value is -2.14. The average Bonchev–Trinajstić information content (AvgIpc) is 3.26. The molecule has 4 rings (SSSR count). The molecule has 2 atom stereocenters. The summed E-state index contributed by atoms with van der Waals surface area (Å²) in [5.74, 6) is 1.38. The molecule has 1 N–H and O–H groups in total. The van der Waals surface area contributed by atoms with E-state index >= 15 is 0 Å². The molecule has 5 nitrogen and oxygen atoms in total. The summed E-state index contributed by atoms with van der Waals surface area (Å²) in [6, 6.07) is 9.98. The number of benzene rings is 1. The monoisotopic (exact) mass is 381 g/mol. The summed E-state index contributed by atoms with van der Waals surface area (Å²) in [5.41, 5.74) is 1.61. The van der Waals surface area contributed by atoms with Gasteiger partial charge in [0.05, 0.1) is 23.8 Å². The van der Waals surface area contributed by atoms with E-state index in [0.717, 1.165) is 49.1 Å². The summed E-state index contributed by atoms with van der Waals surface area (Å²) in [4.78, 5) is 20.0. The van der Waals surface area contributed by atoms with Crippen molar-refractivity contribution in [2.75, 3.05) is 31.1 Å². The third-order valence-corrected chi connectivity index (χ3v) is 6.11. The molecule has 1 aromatic carbocycles. The lowest BCUT2D eigenvalue weighted by Crippen LogP contribution is -2.33. The lowest BCUT2D eigenvalue weighted by molar-refractivity contribution is -0.00293. The van der Waals surface area contributed by atoms with Gasteiger partial charge in [0.2, 0.25) is 0 Å². The van der Waals surface area contributed by atoms with Crippen LogP contribution >= 0.6 is 0 Å². The number of hydrogen-bond donors (Lipinski definition) is 1. The third kappa shape index (κ3) is 4.30. The average molecular weight is 382 g/mol. The first-order chi connectivity index (χ1) is 13.7. The maximum Gasteiger partial charge on any atom is 0.255 e. The highest BCUT2D eigenvalue weighted by atomic mass is 16.5. The lowest BCUT2D eigenvalue weighted by atomic mass is 9.88. The normalized spacial score (nSPS) is 22.5. The Bertz CT molecular complexity index is 817. The molecule has 0 radical (unpaired) electrons. The number of nitrogens with zero attached hydrogens (tertiary/aromatic N) is 2. The molecule has 1 aliphatic carbocycles. The van der Waals surface area contributed by atoms with Gasteiger partial charge in [0.25, 0.3) is 5.91 Å². The highest BCUT2D eigenvalue weighted by molar-refractivity contribution is 6.02. The van der Waals surface area contributed by atoms with E-state index < -0.39 is 0 Å². The Morgan fingerprint density at radius 1 is 1.18 bits per heavy atom. The van der Waals surface area contributed by atoms with Crippen LogP contribution in [0.1, 0.15) is 55.8 Å². The number of rotatable bonds is 6. The molecular formula is C23H31N3O2. The van der Waals surface area contributed by atoms with Gasteiger partial charge in [0, 0.05) is 25.0 Å². The van der Waals surface area contributed by atoms with Gasteiger partial charge >= 0.3 is 0 Å². The number of anilines is 1. The van der Waals surface area contributed by atoms with Crippen molar-refractivity contribution in [1.82, 2.24) is 10.3 Å². The summed E-state index contributed by atoms with van der Waals surface area (Å²) in [6.45, 7) is 5.31. The summed E-state index contributed by atoms with van der Waals surface area (Å²) >= 11 is 0. The Kier molecular flexibility index (Phi) is 6.10. The smallest absolute Gasteiger partial charge is 0.255 e. The van der Waals surface area contributed by atoms with Gasteiger partial charge in [-0.25, -0.2) is 4.98 Å². The van der Waals surface area contributed by atoms with E-state index in [1.165, 1.54) is 19.3 Å². The van der Waals surface area contributed by atoms with Crippen LogP contribution in [0.3, 0.4) is 0 Å². The Morgan fingerprint density at radius 3 is 2.79 bits per heavy atom. The van der Waals surface area contributed by atoms with Crippen LogP contribution in [-0.4, -0.2) is 43.2 Å². The molecule has 2 aliphatic rings. The second-order valence-electron chi connectivity index (χ2n) is 8.17. The highest BCUT2D eigenvalue weighted by Gasteiger charge is 2.23. The Balaban J connectivity index is 1.43. The molecule has 1 amide bonds. The molecule has 1 saturated heterocycles. The zero-order valence-electron chi connectivity index (χ0n) is 16.8. The first-order valence-electron chi connectivity index (χ1n) is 10.8. The zero-order chi connectivity index (χ0) is 19.3. The largest absolute Gasteiger partial charge is 0.376 e. The zero-order valence-corrected chi connectivity index (χ0v) is 16.8. The molecular weight excluding hydrogens is 350 g/mol. The van der Waals surface area contributed by atoms with Crippen molar-refractivity contribution in [3.8, 4) is 0 Å². The minimum Gasteiger partial charge on any atom is -0.376 e. The van der Waals surface area contributed by atoms with Crippen LogP contribution in [0.4, 0.5) is 5.82 Å². The molecule has 2 aromatic rings. The molecule has 150 valence electrons. The van der Waals surface area contributed by atoms with E-state index in [2.05, 4.69) is 17.1 Å². The number of ether oxygens (including phenoxy) is 1.